The van der Waals surface area contributed by atoms with Gasteiger partial charge in [0, 0.05) is 25.6 Å². The van der Waals surface area contributed by atoms with Crippen LogP contribution in [0.3, 0.4) is 0 Å². The monoisotopic (exact) mass is 388 g/mol. The maximum atomic E-state index is 14.8. The first-order valence-corrected chi connectivity index (χ1v) is 9.44. The molecule has 0 spiro atoms. The van der Waals surface area contributed by atoms with Gasteiger partial charge in [-0.3, -0.25) is 29.4 Å². The highest BCUT2D eigenvalue weighted by Crippen LogP contribution is 2.34. The average molecular weight is 388 g/mol. The fourth-order valence-electron chi connectivity index (χ4n) is 4.26. The molecule has 0 aliphatic carbocycles. The summed E-state index contributed by atoms with van der Waals surface area (Å²) in [6, 6.07) is 1.37. The van der Waals surface area contributed by atoms with Crippen LogP contribution in [0.4, 0.5) is 10.1 Å². The van der Waals surface area contributed by atoms with Gasteiger partial charge in [0.25, 0.3) is 11.8 Å². The first-order chi connectivity index (χ1) is 13.4. The number of halogens is 1. The molecular formula is C19H21FN4O4. The Morgan fingerprint density at radius 1 is 1.07 bits per heavy atom. The zero-order valence-corrected chi connectivity index (χ0v) is 15.2. The number of hydrogen-bond donors (Lipinski definition) is 2. The third-order valence-corrected chi connectivity index (χ3v) is 5.72. The van der Waals surface area contributed by atoms with Crippen molar-refractivity contribution in [1.29, 1.82) is 0 Å². The van der Waals surface area contributed by atoms with E-state index in [2.05, 4.69) is 5.32 Å². The van der Waals surface area contributed by atoms with Crippen molar-refractivity contribution in [3.8, 4) is 0 Å². The SMILES string of the molecule is NC[C@H]1CCCCN1c1cc2c(cc1F)C(=O)N(C1CCC(=O)NC1=O)C2=O. The summed E-state index contributed by atoms with van der Waals surface area (Å²) in [4.78, 5) is 51.8. The molecule has 8 nitrogen and oxygen atoms in total. The minimum atomic E-state index is -1.07. The lowest BCUT2D eigenvalue weighted by Gasteiger charge is -2.37. The number of carbonyl (C=O) groups excluding carboxylic acids is 4. The van der Waals surface area contributed by atoms with Crippen LogP contribution in [0.15, 0.2) is 12.1 Å². The highest BCUT2D eigenvalue weighted by Gasteiger charge is 2.45. The zero-order valence-electron chi connectivity index (χ0n) is 15.2. The van der Waals surface area contributed by atoms with Crippen molar-refractivity contribution in [2.45, 2.75) is 44.2 Å². The summed E-state index contributed by atoms with van der Waals surface area (Å²) in [5.74, 6) is -3.08. The van der Waals surface area contributed by atoms with Crippen molar-refractivity contribution in [1.82, 2.24) is 10.2 Å². The second-order valence-corrected chi connectivity index (χ2v) is 7.38. The summed E-state index contributed by atoms with van der Waals surface area (Å²) in [6.07, 6.45) is 2.83. The van der Waals surface area contributed by atoms with Crippen LogP contribution >= 0.6 is 0 Å². The lowest BCUT2D eigenvalue weighted by Crippen LogP contribution is -2.54. The van der Waals surface area contributed by atoms with E-state index in [1.54, 1.807) is 0 Å². The Labute approximate surface area is 160 Å². The van der Waals surface area contributed by atoms with Crippen molar-refractivity contribution in [3.05, 3.63) is 29.1 Å². The molecule has 3 aliphatic rings. The number of imide groups is 2. The molecule has 1 aromatic carbocycles. The predicted octanol–water partition coefficient (Wildman–Crippen LogP) is 0.544. The molecule has 3 N–H and O–H groups in total. The van der Waals surface area contributed by atoms with Crippen LogP contribution in [-0.4, -0.2) is 53.7 Å². The number of nitrogens with zero attached hydrogens (tertiary/aromatic N) is 2. The lowest BCUT2D eigenvalue weighted by atomic mass is 9.99. The Morgan fingerprint density at radius 3 is 2.46 bits per heavy atom. The highest BCUT2D eigenvalue weighted by atomic mass is 19.1. The van der Waals surface area contributed by atoms with Crippen molar-refractivity contribution < 1.29 is 23.6 Å². The van der Waals surface area contributed by atoms with Gasteiger partial charge in [0.15, 0.2) is 0 Å². The lowest BCUT2D eigenvalue weighted by molar-refractivity contribution is -0.136. The molecule has 2 saturated heterocycles. The summed E-state index contributed by atoms with van der Waals surface area (Å²) in [7, 11) is 0. The van der Waals surface area contributed by atoms with Gasteiger partial charge in [-0.1, -0.05) is 0 Å². The molecule has 2 atom stereocenters. The van der Waals surface area contributed by atoms with E-state index in [4.69, 9.17) is 5.73 Å². The Kier molecular flexibility index (Phi) is 4.62. The maximum Gasteiger partial charge on any atom is 0.262 e. The fraction of sp³-hybridized carbons (Fsp3) is 0.474. The molecule has 2 fully saturated rings. The zero-order chi connectivity index (χ0) is 20.0. The van der Waals surface area contributed by atoms with Gasteiger partial charge in [0.05, 0.1) is 16.8 Å². The van der Waals surface area contributed by atoms with E-state index in [0.717, 1.165) is 30.2 Å². The van der Waals surface area contributed by atoms with Gasteiger partial charge in [-0.15, -0.1) is 0 Å². The van der Waals surface area contributed by atoms with E-state index in [9.17, 15) is 23.6 Å². The number of rotatable bonds is 3. The largest absolute Gasteiger partial charge is 0.365 e. The molecule has 4 amide bonds. The number of benzene rings is 1. The average Bonchev–Trinajstić information content (AvgIpc) is 2.91. The Balaban J connectivity index is 1.69. The smallest absolute Gasteiger partial charge is 0.262 e. The van der Waals surface area contributed by atoms with E-state index >= 15 is 0 Å². The normalized spacial score (nSPS) is 25.2. The molecule has 0 aromatic heterocycles. The highest BCUT2D eigenvalue weighted by molar-refractivity contribution is 6.23. The molecule has 0 bridgehead atoms. The molecule has 3 heterocycles. The van der Waals surface area contributed by atoms with Gasteiger partial charge in [0.2, 0.25) is 11.8 Å². The summed E-state index contributed by atoms with van der Waals surface area (Å²) < 4.78 is 14.8. The fourth-order valence-corrected chi connectivity index (χ4v) is 4.26. The number of anilines is 1. The Morgan fingerprint density at radius 2 is 1.79 bits per heavy atom. The van der Waals surface area contributed by atoms with E-state index in [-0.39, 0.29) is 35.7 Å². The molecular weight excluding hydrogens is 367 g/mol. The second kappa shape index (κ2) is 6.97. The van der Waals surface area contributed by atoms with Crippen LogP contribution < -0.4 is 16.0 Å². The predicted molar refractivity (Wildman–Crippen MR) is 97.1 cm³/mol. The second-order valence-electron chi connectivity index (χ2n) is 7.38. The third-order valence-electron chi connectivity index (χ3n) is 5.72. The molecule has 1 aromatic rings. The molecule has 1 unspecified atom stereocenters. The number of fused-ring (bicyclic) bond motifs is 1. The van der Waals surface area contributed by atoms with Crippen molar-refractivity contribution >= 4 is 29.3 Å². The number of hydrogen-bond acceptors (Lipinski definition) is 6. The van der Waals surface area contributed by atoms with Gasteiger partial charge in [-0.2, -0.15) is 0 Å². The van der Waals surface area contributed by atoms with Crippen LogP contribution in [0, 0.1) is 5.82 Å². The van der Waals surface area contributed by atoms with Crippen LogP contribution in [0.5, 0.6) is 0 Å². The van der Waals surface area contributed by atoms with E-state index in [1.807, 2.05) is 4.90 Å². The summed E-state index contributed by atoms with van der Waals surface area (Å²) >= 11 is 0. The molecule has 0 saturated carbocycles. The summed E-state index contributed by atoms with van der Waals surface area (Å²) in [5.41, 5.74) is 6.09. The van der Waals surface area contributed by atoms with Crippen LogP contribution in [-0.2, 0) is 9.59 Å². The van der Waals surface area contributed by atoms with Gasteiger partial charge in [-0.25, -0.2) is 4.39 Å². The van der Waals surface area contributed by atoms with E-state index < -0.39 is 35.5 Å². The Hall–Kier alpha value is -2.81. The van der Waals surface area contributed by atoms with Crippen molar-refractivity contribution in [2.75, 3.05) is 18.0 Å². The van der Waals surface area contributed by atoms with Gasteiger partial charge in [-0.05, 0) is 37.8 Å². The van der Waals surface area contributed by atoms with Gasteiger partial charge < -0.3 is 10.6 Å². The minimum absolute atomic E-state index is 0.0280. The van der Waals surface area contributed by atoms with Crippen molar-refractivity contribution in [2.24, 2.45) is 5.73 Å². The molecule has 3 aliphatic heterocycles. The topological polar surface area (TPSA) is 113 Å². The van der Waals surface area contributed by atoms with Crippen LogP contribution in [0.1, 0.15) is 52.8 Å². The Bertz CT molecular complexity index is 887. The standard InChI is InChI=1S/C19H21FN4O4/c20-13-7-11-12(8-15(13)23-6-2-1-3-10(23)9-21)19(28)24(18(11)27)14-4-5-16(25)22-17(14)26/h7-8,10,14H,1-6,9,21H2,(H,22,25,26)/t10-,14?/m1/s1. The van der Waals surface area contributed by atoms with Crippen LogP contribution in [0.2, 0.25) is 0 Å². The summed E-state index contributed by atoms with van der Waals surface area (Å²) in [6.45, 7) is 0.988. The molecule has 28 heavy (non-hydrogen) atoms. The number of carbonyl (C=O) groups is 4. The quantitative estimate of drug-likeness (QED) is 0.731. The van der Waals surface area contributed by atoms with Gasteiger partial charge in [0.1, 0.15) is 11.9 Å². The maximum absolute atomic E-state index is 14.8. The number of piperidine rings is 2. The van der Waals surface area contributed by atoms with Crippen LogP contribution in [0.25, 0.3) is 0 Å². The van der Waals surface area contributed by atoms with E-state index in [1.165, 1.54) is 6.07 Å². The molecule has 0 radical (unpaired) electrons. The minimum Gasteiger partial charge on any atom is -0.365 e. The number of nitrogens with one attached hydrogen (secondary N) is 1. The number of nitrogens with two attached hydrogens (primary N) is 1. The molecule has 9 heteroatoms. The molecule has 4 rings (SSSR count). The van der Waals surface area contributed by atoms with Crippen molar-refractivity contribution in [3.63, 3.8) is 0 Å². The van der Waals surface area contributed by atoms with E-state index in [0.29, 0.717) is 13.1 Å². The first-order valence-electron chi connectivity index (χ1n) is 9.44. The summed E-state index contributed by atoms with van der Waals surface area (Å²) in [5, 5.41) is 2.14. The third kappa shape index (κ3) is 2.86. The number of amides is 4. The van der Waals surface area contributed by atoms with Gasteiger partial charge >= 0.3 is 0 Å². The first kappa shape index (κ1) is 18.5. The molecule has 148 valence electrons.